The van der Waals surface area contributed by atoms with Crippen molar-refractivity contribution in [2.24, 2.45) is 0 Å². The van der Waals surface area contributed by atoms with E-state index in [1.807, 2.05) is 26.2 Å². The van der Waals surface area contributed by atoms with Crippen LogP contribution in [-0.4, -0.2) is 19.9 Å². The lowest BCUT2D eigenvalue weighted by Gasteiger charge is -2.13. The number of nitrogens with zero attached hydrogens (tertiary/aromatic N) is 1. The van der Waals surface area contributed by atoms with Gasteiger partial charge in [-0.15, -0.1) is 0 Å². The van der Waals surface area contributed by atoms with Crippen LogP contribution in [-0.2, 0) is 0 Å². The van der Waals surface area contributed by atoms with Crippen molar-refractivity contribution in [3.63, 3.8) is 0 Å². The number of Topliss-reactive ketones (excluding diaryl/α,β-unsaturated/α-hetero) is 1. The van der Waals surface area contributed by atoms with Gasteiger partial charge in [0, 0.05) is 31.8 Å². The Morgan fingerprint density at radius 1 is 0.800 bits per heavy atom. The van der Waals surface area contributed by atoms with Crippen molar-refractivity contribution < 1.29 is 4.79 Å². The summed E-state index contributed by atoms with van der Waals surface area (Å²) in [6.07, 6.45) is 10.8. The summed E-state index contributed by atoms with van der Waals surface area (Å²) < 4.78 is 0. The second-order valence-electron chi connectivity index (χ2n) is 7.29. The molecule has 0 amide bonds. The highest BCUT2D eigenvalue weighted by Gasteiger charge is 2.07. The first-order chi connectivity index (χ1) is 12.1. The van der Waals surface area contributed by atoms with E-state index in [2.05, 4.69) is 36.1 Å². The molecule has 0 aliphatic carbocycles. The molecule has 0 aliphatic rings. The third-order valence-corrected chi connectivity index (χ3v) is 4.92. The van der Waals surface area contributed by atoms with Gasteiger partial charge in [0.05, 0.1) is 0 Å². The zero-order valence-electron chi connectivity index (χ0n) is 16.2. The number of anilines is 1. The Bertz CT molecular complexity index is 675. The molecule has 0 atom stereocenters. The molecule has 0 spiro atoms. The van der Waals surface area contributed by atoms with Crippen LogP contribution in [0, 0.1) is 0 Å². The van der Waals surface area contributed by atoms with E-state index in [4.69, 9.17) is 0 Å². The molecule has 0 fully saturated rings. The van der Waals surface area contributed by atoms with Crippen LogP contribution in [0.4, 0.5) is 5.69 Å². The Kier molecular flexibility index (Phi) is 7.97. The van der Waals surface area contributed by atoms with Gasteiger partial charge in [0.25, 0.3) is 0 Å². The first kappa shape index (κ1) is 19.5. The van der Waals surface area contributed by atoms with E-state index in [1.165, 1.54) is 56.0 Å². The van der Waals surface area contributed by atoms with Crippen molar-refractivity contribution in [2.45, 2.75) is 64.7 Å². The second kappa shape index (κ2) is 10.2. The fourth-order valence-electron chi connectivity index (χ4n) is 3.25. The number of carbonyl (C=O) groups is 1. The Morgan fingerprint density at radius 2 is 1.40 bits per heavy atom. The van der Waals surface area contributed by atoms with E-state index in [0.717, 1.165) is 17.4 Å². The second-order valence-corrected chi connectivity index (χ2v) is 7.29. The van der Waals surface area contributed by atoms with Crippen molar-refractivity contribution >= 4 is 22.2 Å². The number of carbonyl (C=O) groups excluding carboxylic acids is 1. The molecule has 0 bridgehead atoms. The van der Waals surface area contributed by atoms with Gasteiger partial charge < -0.3 is 4.90 Å². The van der Waals surface area contributed by atoms with Crippen LogP contribution in [0.1, 0.15) is 75.1 Å². The lowest BCUT2D eigenvalue weighted by atomic mass is 10.00. The van der Waals surface area contributed by atoms with E-state index in [1.54, 1.807) is 0 Å². The predicted octanol–water partition coefficient (Wildman–Crippen LogP) is 6.62. The van der Waals surface area contributed by atoms with Gasteiger partial charge in [-0.2, -0.15) is 0 Å². The Morgan fingerprint density at radius 3 is 2.08 bits per heavy atom. The lowest BCUT2D eigenvalue weighted by Crippen LogP contribution is -2.08. The molecule has 2 rings (SSSR count). The van der Waals surface area contributed by atoms with Gasteiger partial charge in [0.1, 0.15) is 0 Å². The van der Waals surface area contributed by atoms with Gasteiger partial charge in [-0.05, 0) is 35.4 Å². The monoisotopic (exact) mass is 339 g/mol. The third kappa shape index (κ3) is 6.19. The molecule has 0 aliphatic heterocycles. The quantitative estimate of drug-likeness (QED) is 0.339. The van der Waals surface area contributed by atoms with Crippen LogP contribution in [0.2, 0.25) is 0 Å². The van der Waals surface area contributed by atoms with E-state index >= 15 is 0 Å². The molecule has 136 valence electrons. The van der Waals surface area contributed by atoms with Crippen LogP contribution in [0.15, 0.2) is 36.4 Å². The number of fused-ring (bicyclic) bond motifs is 1. The number of rotatable bonds is 11. The zero-order chi connectivity index (χ0) is 18.1. The number of ketones is 1. The Labute approximate surface area is 153 Å². The molecule has 2 aromatic carbocycles. The molecular weight excluding hydrogens is 306 g/mol. The topological polar surface area (TPSA) is 20.3 Å². The maximum Gasteiger partial charge on any atom is 0.162 e. The van der Waals surface area contributed by atoms with Crippen molar-refractivity contribution in [1.82, 2.24) is 0 Å². The highest BCUT2D eigenvalue weighted by Crippen LogP contribution is 2.23. The van der Waals surface area contributed by atoms with Crippen LogP contribution in [0.3, 0.4) is 0 Å². The maximum atomic E-state index is 12.4. The van der Waals surface area contributed by atoms with Crippen LogP contribution in [0.5, 0.6) is 0 Å². The molecule has 0 saturated carbocycles. The largest absolute Gasteiger partial charge is 0.378 e. The standard InChI is InChI=1S/C23H33NO/c1-4-5-6-7-8-9-10-11-12-23(25)21-14-13-20-18-22(24(2)3)16-15-19(20)17-21/h13-18H,4-12H2,1-3H3. The van der Waals surface area contributed by atoms with Crippen LogP contribution in [0.25, 0.3) is 10.8 Å². The minimum Gasteiger partial charge on any atom is -0.378 e. The summed E-state index contributed by atoms with van der Waals surface area (Å²) in [5, 5.41) is 2.34. The number of hydrogen-bond acceptors (Lipinski definition) is 2. The van der Waals surface area contributed by atoms with Gasteiger partial charge in [-0.25, -0.2) is 0 Å². The molecule has 2 heteroatoms. The Hall–Kier alpha value is -1.83. The smallest absolute Gasteiger partial charge is 0.162 e. The first-order valence-electron chi connectivity index (χ1n) is 9.86. The molecule has 2 nitrogen and oxygen atoms in total. The fraction of sp³-hybridized carbons (Fsp3) is 0.522. The summed E-state index contributed by atoms with van der Waals surface area (Å²) in [5.74, 6) is 0.282. The first-order valence-corrected chi connectivity index (χ1v) is 9.86. The summed E-state index contributed by atoms with van der Waals surface area (Å²) >= 11 is 0. The number of benzene rings is 2. The Balaban J connectivity index is 1.80. The average molecular weight is 340 g/mol. The lowest BCUT2D eigenvalue weighted by molar-refractivity contribution is 0.0979. The molecule has 0 N–H and O–H groups in total. The van der Waals surface area contributed by atoms with E-state index in [9.17, 15) is 4.79 Å². The van der Waals surface area contributed by atoms with Gasteiger partial charge in [0.2, 0.25) is 0 Å². The highest BCUT2D eigenvalue weighted by molar-refractivity contribution is 6.00. The van der Waals surface area contributed by atoms with Crippen LogP contribution >= 0.6 is 0 Å². The van der Waals surface area contributed by atoms with E-state index in [-0.39, 0.29) is 5.78 Å². The fourth-order valence-corrected chi connectivity index (χ4v) is 3.25. The summed E-state index contributed by atoms with van der Waals surface area (Å²) in [7, 11) is 4.09. The normalized spacial score (nSPS) is 11.0. The molecule has 25 heavy (non-hydrogen) atoms. The van der Waals surface area contributed by atoms with Crippen molar-refractivity contribution in [3.05, 3.63) is 42.0 Å². The molecule has 0 heterocycles. The molecule has 2 aromatic rings. The maximum absolute atomic E-state index is 12.4. The summed E-state index contributed by atoms with van der Waals surface area (Å²) in [5.41, 5.74) is 2.04. The molecule has 0 radical (unpaired) electrons. The average Bonchev–Trinajstić information content (AvgIpc) is 2.62. The van der Waals surface area contributed by atoms with Gasteiger partial charge in [-0.1, -0.05) is 70.1 Å². The molecule has 0 unspecified atom stereocenters. The molecule has 0 aromatic heterocycles. The summed E-state index contributed by atoms with van der Waals surface area (Å²) in [4.78, 5) is 14.5. The van der Waals surface area contributed by atoms with Crippen LogP contribution < -0.4 is 4.90 Å². The van der Waals surface area contributed by atoms with Gasteiger partial charge >= 0.3 is 0 Å². The highest BCUT2D eigenvalue weighted by atomic mass is 16.1. The van der Waals surface area contributed by atoms with Crippen molar-refractivity contribution in [2.75, 3.05) is 19.0 Å². The van der Waals surface area contributed by atoms with E-state index < -0.39 is 0 Å². The van der Waals surface area contributed by atoms with Gasteiger partial charge in [0.15, 0.2) is 5.78 Å². The molecular formula is C23H33NO. The number of hydrogen-bond donors (Lipinski definition) is 0. The zero-order valence-corrected chi connectivity index (χ0v) is 16.2. The van der Waals surface area contributed by atoms with Gasteiger partial charge in [-0.3, -0.25) is 4.79 Å². The van der Waals surface area contributed by atoms with Crippen molar-refractivity contribution in [1.29, 1.82) is 0 Å². The number of unbranched alkanes of at least 4 members (excludes halogenated alkanes) is 7. The summed E-state index contributed by atoms with van der Waals surface area (Å²) in [6.45, 7) is 2.25. The third-order valence-electron chi connectivity index (χ3n) is 4.92. The van der Waals surface area contributed by atoms with E-state index in [0.29, 0.717) is 6.42 Å². The SMILES string of the molecule is CCCCCCCCCCC(=O)c1ccc2cc(N(C)C)ccc2c1. The van der Waals surface area contributed by atoms with Crippen molar-refractivity contribution in [3.8, 4) is 0 Å². The minimum absolute atomic E-state index is 0.282. The molecule has 0 saturated heterocycles. The predicted molar refractivity (Wildman–Crippen MR) is 110 cm³/mol. The minimum atomic E-state index is 0.282. The summed E-state index contributed by atoms with van der Waals surface area (Å²) in [6, 6.07) is 12.5.